The first kappa shape index (κ1) is 25.3. The predicted octanol–water partition coefficient (Wildman–Crippen LogP) is 5.73. The van der Waals surface area contributed by atoms with Gasteiger partial charge in [0.15, 0.2) is 5.13 Å². The Morgan fingerprint density at radius 1 is 0.974 bits per heavy atom. The van der Waals surface area contributed by atoms with Crippen LogP contribution in [-0.2, 0) is 9.59 Å². The standard InChI is InChI=1S/C29H26N2O6S/c1-4-14-37-19-10-8-17(9-11-19)26(32)24-25(18-6-5-7-20(15-18)35-2)31(28(34)27(24)33)29-30-22-13-12-21(36-3)16-23(22)38-29/h5-13,15-16,25,32H,4,14H2,1-3H3/b26-24+. The molecule has 1 N–H and O–H groups in total. The van der Waals surface area contributed by atoms with Gasteiger partial charge in [-0.25, -0.2) is 4.98 Å². The van der Waals surface area contributed by atoms with Gasteiger partial charge in [0, 0.05) is 5.56 Å². The number of anilines is 1. The molecule has 3 aromatic carbocycles. The van der Waals surface area contributed by atoms with E-state index in [9.17, 15) is 14.7 Å². The highest BCUT2D eigenvalue weighted by atomic mass is 32.1. The fourth-order valence-corrected chi connectivity index (χ4v) is 5.38. The Hall–Kier alpha value is -4.37. The largest absolute Gasteiger partial charge is 0.507 e. The number of carbonyl (C=O) groups excluding carboxylic acids is 2. The zero-order chi connectivity index (χ0) is 26.8. The van der Waals surface area contributed by atoms with Gasteiger partial charge in [-0.2, -0.15) is 0 Å². The number of aliphatic hydroxyl groups excluding tert-OH is 1. The number of aliphatic hydroxyl groups is 1. The van der Waals surface area contributed by atoms with E-state index in [0.717, 1.165) is 11.1 Å². The van der Waals surface area contributed by atoms with Crippen LogP contribution in [0.2, 0.25) is 0 Å². The average Bonchev–Trinajstić information content (AvgIpc) is 3.49. The first-order valence-electron chi connectivity index (χ1n) is 12.1. The van der Waals surface area contributed by atoms with E-state index in [1.807, 2.05) is 13.0 Å². The van der Waals surface area contributed by atoms with E-state index in [1.54, 1.807) is 74.9 Å². The molecule has 0 bridgehead atoms. The minimum atomic E-state index is -0.913. The number of nitrogens with zero attached hydrogens (tertiary/aromatic N) is 2. The van der Waals surface area contributed by atoms with Gasteiger partial charge in [-0.3, -0.25) is 14.5 Å². The molecule has 1 aliphatic heterocycles. The van der Waals surface area contributed by atoms with Crippen LogP contribution in [0.4, 0.5) is 5.13 Å². The van der Waals surface area contributed by atoms with Crippen molar-refractivity contribution in [2.75, 3.05) is 25.7 Å². The lowest BCUT2D eigenvalue weighted by atomic mass is 9.95. The molecule has 5 rings (SSSR count). The smallest absolute Gasteiger partial charge is 0.301 e. The molecule has 38 heavy (non-hydrogen) atoms. The highest BCUT2D eigenvalue weighted by Gasteiger charge is 2.48. The highest BCUT2D eigenvalue weighted by molar-refractivity contribution is 7.22. The van der Waals surface area contributed by atoms with Crippen LogP contribution in [0, 0.1) is 0 Å². The van der Waals surface area contributed by atoms with E-state index in [2.05, 4.69) is 4.98 Å². The summed E-state index contributed by atoms with van der Waals surface area (Å²) in [7, 11) is 3.12. The Kier molecular flexibility index (Phi) is 7.02. The second-order valence-electron chi connectivity index (χ2n) is 8.65. The summed E-state index contributed by atoms with van der Waals surface area (Å²) in [6.07, 6.45) is 0.865. The predicted molar refractivity (Wildman–Crippen MR) is 146 cm³/mol. The van der Waals surface area contributed by atoms with Crippen molar-refractivity contribution < 1.29 is 28.9 Å². The zero-order valence-electron chi connectivity index (χ0n) is 21.1. The normalized spacial score (nSPS) is 16.7. The SMILES string of the molecule is CCCOc1ccc(/C(O)=C2\C(=O)C(=O)N(c3nc4ccc(OC)cc4s3)C2c2cccc(OC)c2)cc1. The molecule has 0 aliphatic carbocycles. The number of ketones is 1. The average molecular weight is 531 g/mol. The molecule has 1 aromatic heterocycles. The van der Waals surface area contributed by atoms with Crippen LogP contribution in [0.25, 0.3) is 16.0 Å². The van der Waals surface area contributed by atoms with Crippen LogP contribution in [0.1, 0.15) is 30.5 Å². The Labute approximate surface area is 223 Å². The molecule has 0 saturated carbocycles. The number of methoxy groups -OCH3 is 2. The quantitative estimate of drug-likeness (QED) is 0.177. The van der Waals surface area contributed by atoms with E-state index in [0.29, 0.717) is 45.6 Å². The number of thiazole rings is 1. The summed E-state index contributed by atoms with van der Waals surface area (Å²) in [4.78, 5) is 32.9. The summed E-state index contributed by atoms with van der Waals surface area (Å²) < 4.78 is 17.2. The van der Waals surface area contributed by atoms with E-state index < -0.39 is 17.7 Å². The van der Waals surface area contributed by atoms with Gasteiger partial charge in [-0.05, 0) is 66.6 Å². The van der Waals surface area contributed by atoms with Crippen LogP contribution in [0.5, 0.6) is 17.2 Å². The molecular formula is C29H26N2O6S. The third-order valence-electron chi connectivity index (χ3n) is 6.24. The second-order valence-corrected chi connectivity index (χ2v) is 9.66. The number of benzene rings is 3. The third-order valence-corrected chi connectivity index (χ3v) is 7.26. The number of Topliss-reactive ketones (excluding diaryl/α,β-unsaturated/α-hetero) is 1. The number of rotatable bonds is 8. The van der Waals surface area contributed by atoms with E-state index >= 15 is 0 Å². The number of fused-ring (bicyclic) bond motifs is 1. The number of hydrogen-bond acceptors (Lipinski definition) is 8. The molecule has 1 amide bonds. The molecule has 4 aromatic rings. The highest BCUT2D eigenvalue weighted by Crippen LogP contribution is 2.45. The van der Waals surface area contributed by atoms with Crippen LogP contribution >= 0.6 is 11.3 Å². The molecule has 1 aliphatic rings. The van der Waals surface area contributed by atoms with Crippen LogP contribution in [-0.4, -0.2) is 42.6 Å². The maximum atomic E-state index is 13.5. The first-order valence-corrected chi connectivity index (χ1v) is 12.9. The van der Waals surface area contributed by atoms with Gasteiger partial charge in [-0.1, -0.05) is 30.4 Å². The third kappa shape index (κ3) is 4.56. The van der Waals surface area contributed by atoms with Crippen molar-refractivity contribution in [3.8, 4) is 17.2 Å². The molecule has 1 fully saturated rings. The van der Waals surface area contributed by atoms with Crippen molar-refractivity contribution in [3.63, 3.8) is 0 Å². The van der Waals surface area contributed by atoms with Crippen molar-refractivity contribution >= 4 is 44.1 Å². The van der Waals surface area contributed by atoms with E-state index in [1.165, 1.54) is 16.2 Å². The van der Waals surface area contributed by atoms with E-state index in [-0.39, 0.29) is 11.3 Å². The van der Waals surface area contributed by atoms with Gasteiger partial charge in [-0.15, -0.1) is 0 Å². The van der Waals surface area contributed by atoms with E-state index in [4.69, 9.17) is 14.2 Å². The first-order chi connectivity index (χ1) is 18.4. The van der Waals surface area contributed by atoms with Crippen LogP contribution in [0.15, 0.2) is 72.3 Å². The van der Waals surface area contributed by atoms with Crippen molar-refractivity contribution in [2.24, 2.45) is 0 Å². The molecule has 1 unspecified atom stereocenters. The van der Waals surface area contributed by atoms with Crippen molar-refractivity contribution in [1.29, 1.82) is 0 Å². The van der Waals surface area contributed by atoms with Crippen LogP contribution in [0.3, 0.4) is 0 Å². The van der Waals surface area contributed by atoms with Gasteiger partial charge >= 0.3 is 5.91 Å². The maximum absolute atomic E-state index is 13.5. The summed E-state index contributed by atoms with van der Waals surface area (Å²) in [5, 5.41) is 11.7. The molecule has 9 heteroatoms. The number of amides is 1. The minimum absolute atomic E-state index is 0.0256. The Balaban J connectivity index is 1.65. The number of carbonyl (C=O) groups is 2. The lowest BCUT2D eigenvalue weighted by molar-refractivity contribution is -0.132. The molecular weight excluding hydrogens is 504 g/mol. The number of hydrogen-bond donors (Lipinski definition) is 1. The minimum Gasteiger partial charge on any atom is -0.507 e. The molecule has 194 valence electrons. The molecule has 0 spiro atoms. The lowest BCUT2D eigenvalue weighted by Crippen LogP contribution is -2.29. The lowest BCUT2D eigenvalue weighted by Gasteiger charge is -2.23. The van der Waals surface area contributed by atoms with Gasteiger partial charge in [0.2, 0.25) is 0 Å². The van der Waals surface area contributed by atoms with Gasteiger partial charge < -0.3 is 19.3 Å². The Bertz CT molecular complexity index is 1540. The molecule has 1 saturated heterocycles. The fraction of sp³-hybridized carbons (Fsp3) is 0.207. The number of ether oxygens (including phenoxy) is 3. The second kappa shape index (κ2) is 10.5. The van der Waals surface area contributed by atoms with Crippen molar-refractivity contribution in [2.45, 2.75) is 19.4 Å². The van der Waals surface area contributed by atoms with Crippen LogP contribution < -0.4 is 19.1 Å². The summed E-state index contributed by atoms with van der Waals surface area (Å²) in [5.41, 5.74) is 1.64. The van der Waals surface area contributed by atoms with Crippen molar-refractivity contribution in [3.05, 3.63) is 83.4 Å². The fourth-order valence-electron chi connectivity index (χ4n) is 4.36. The topological polar surface area (TPSA) is 98.2 Å². The molecule has 8 nitrogen and oxygen atoms in total. The molecule has 0 radical (unpaired) electrons. The summed E-state index contributed by atoms with van der Waals surface area (Å²) in [6.45, 7) is 2.58. The molecule has 2 heterocycles. The maximum Gasteiger partial charge on any atom is 0.301 e. The van der Waals surface area contributed by atoms with Gasteiger partial charge in [0.05, 0.1) is 42.7 Å². The Morgan fingerprint density at radius 3 is 2.39 bits per heavy atom. The summed E-state index contributed by atoms with van der Waals surface area (Å²) in [6, 6.07) is 18.4. The number of aromatic nitrogens is 1. The zero-order valence-corrected chi connectivity index (χ0v) is 22.0. The summed E-state index contributed by atoms with van der Waals surface area (Å²) in [5.74, 6) is 0.0263. The Morgan fingerprint density at radius 2 is 1.68 bits per heavy atom. The summed E-state index contributed by atoms with van der Waals surface area (Å²) >= 11 is 1.27. The van der Waals surface area contributed by atoms with Crippen molar-refractivity contribution in [1.82, 2.24) is 4.98 Å². The van der Waals surface area contributed by atoms with Gasteiger partial charge in [0.25, 0.3) is 5.78 Å². The molecule has 1 atom stereocenters. The monoisotopic (exact) mass is 530 g/mol. The van der Waals surface area contributed by atoms with Gasteiger partial charge in [0.1, 0.15) is 23.0 Å².